The number of para-hydroxylation sites is 1. The number of unbranched alkanes of at least 4 members (excludes halogenated alkanes) is 1. The molecule has 0 bridgehead atoms. The molecule has 1 aromatic carbocycles. The highest BCUT2D eigenvalue weighted by Gasteiger charge is 2.07. The Kier molecular flexibility index (Phi) is 5.22. The molecule has 2 heteroatoms. The summed E-state index contributed by atoms with van der Waals surface area (Å²) in [5.74, 6) is 0. The van der Waals surface area contributed by atoms with E-state index in [0.717, 1.165) is 32.5 Å². The fourth-order valence-corrected chi connectivity index (χ4v) is 2.47. The molecule has 0 amide bonds. The fraction of sp³-hybridized carbons (Fsp3) is 0.412. The van der Waals surface area contributed by atoms with Gasteiger partial charge >= 0.3 is 0 Å². The summed E-state index contributed by atoms with van der Waals surface area (Å²) in [5.41, 5.74) is 2.73. The lowest BCUT2D eigenvalue weighted by Crippen LogP contribution is -2.17. The summed E-state index contributed by atoms with van der Waals surface area (Å²) < 4.78 is 2.45. The zero-order valence-electron chi connectivity index (χ0n) is 11.9. The smallest absolute Gasteiger partial charge is 0.0482 e. The first-order valence-corrected chi connectivity index (χ1v) is 7.25. The molecular formula is C17H24N2. The van der Waals surface area contributed by atoms with Crippen LogP contribution in [0, 0.1) is 0 Å². The number of aryl methyl sites for hydroxylation is 1. The second kappa shape index (κ2) is 7.15. The molecule has 0 aliphatic rings. The molecule has 0 atom stereocenters. The van der Waals surface area contributed by atoms with Gasteiger partial charge in [0, 0.05) is 24.3 Å². The van der Waals surface area contributed by atoms with Crippen molar-refractivity contribution in [1.82, 2.24) is 9.88 Å². The number of hydrogen-bond acceptors (Lipinski definition) is 1. The second-order valence-electron chi connectivity index (χ2n) is 4.95. The second-order valence-corrected chi connectivity index (χ2v) is 4.95. The van der Waals surface area contributed by atoms with Crippen molar-refractivity contribution in [3.8, 4) is 0 Å². The molecule has 1 N–H and O–H groups in total. The van der Waals surface area contributed by atoms with Gasteiger partial charge in [0.2, 0.25) is 0 Å². The van der Waals surface area contributed by atoms with E-state index in [1.54, 1.807) is 0 Å². The van der Waals surface area contributed by atoms with Gasteiger partial charge in [0.1, 0.15) is 0 Å². The standard InChI is InChI=1S/C17H24N2/c1-3-5-8-12-19-16(14-18-11-4-2)13-15-9-6-7-10-17(15)19/h3,6-7,9-10,13,18H,1,4-5,8,11-12,14H2,2H3. The molecule has 0 saturated carbocycles. The van der Waals surface area contributed by atoms with Crippen LogP contribution in [0.5, 0.6) is 0 Å². The number of fused-ring (bicyclic) bond motifs is 1. The Bertz CT molecular complexity index is 525. The third-order valence-electron chi connectivity index (χ3n) is 3.42. The first-order valence-electron chi connectivity index (χ1n) is 7.25. The van der Waals surface area contributed by atoms with Gasteiger partial charge in [-0.3, -0.25) is 0 Å². The summed E-state index contributed by atoms with van der Waals surface area (Å²) >= 11 is 0. The Balaban J connectivity index is 2.21. The number of rotatable bonds is 8. The third-order valence-corrected chi connectivity index (χ3v) is 3.42. The lowest BCUT2D eigenvalue weighted by atomic mass is 10.2. The van der Waals surface area contributed by atoms with Crippen LogP contribution >= 0.6 is 0 Å². The summed E-state index contributed by atoms with van der Waals surface area (Å²) in [7, 11) is 0. The van der Waals surface area contributed by atoms with Crippen LogP contribution in [0.2, 0.25) is 0 Å². The molecular weight excluding hydrogens is 232 g/mol. The zero-order valence-corrected chi connectivity index (χ0v) is 11.9. The highest BCUT2D eigenvalue weighted by molar-refractivity contribution is 5.81. The molecule has 19 heavy (non-hydrogen) atoms. The molecule has 0 radical (unpaired) electrons. The van der Waals surface area contributed by atoms with E-state index < -0.39 is 0 Å². The molecule has 0 aliphatic heterocycles. The number of aromatic nitrogens is 1. The van der Waals surface area contributed by atoms with Crippen molar-refractivity contribution in [3.05, 3.63) is 48.7 Å². The number of nitrogens with one attached hydrogen (secondary N) is 1. The van der Waals surface area contributed by atoms with Gasteiger partial charge in [-0.25, -0.2) is 0 Å². The average molecular weight is 256 g/mol. The van der Waals surface area contributed by atoms with Crippen molar-refractivity contribution in [2.75, 3.05) is 6.54 Å². The van der Waals surface area contributed by atoms with Crippen molar-refractivity contribution in [2.45, 2.75) is 39.3 Å². The van der Waals surface area contributed by atoms with Crippen LogP contribution in [0.1, 0.15) is 31.9 Å². The van der Waals surface area contributed by atoms with Gasteiger partial charge in [0.15, 0.2) is 0 Å². The van der Waals surface area contributed by atoms with Crippen LogP contribution in [0.3, 0.4) is 0 Å². The monoisotopic (exact) mass is 256 g/mol. The predicted octanol–water partition coefficient (Wildman–Crippen LogP) is 4.11. The molecule has 0 aliphatic carbocycles. The lowest BCUT2D eigenvalue weighted by molar-refractivity contribution is 0.598. The molecule has 1 aromatic heterocycles. The minimum atomic E-state index is 0.955. The Morgan fingerprint density at radius 1 is 1.32 bits per heavy atom. The minimum Gasteiger partial charge on any atom is -0.343 e. The van der Waals surface area contributed by atoms with Gasteiger partial charge in [0.05, 0.1) is 0 Å². The van der Waals surface area contributed by atoms with Crippen LogP contribution in [-0.2, 0) is 13.1 Å². The SMILES string of the molecule is C=CCCCn1c(CNCCC)cc2ccccc21. The van der Waals surface area contributed by atoms with Crippen molar-refractivity contribution >= 4 is 10.9 Å². The van der Waals surface area contributed by atoms with Gasteiger partial charge in [0.25, 0.3) is 0 Å². The maximum Gasteiger partial charge on any atom is 0.0482 e. The van der Waals surface area contributed by atoms with E-state index in [4.69, 9.17) is 0 Å². The van der Waals surface area contributed by atoms with E-state index in [0.29, 0.717) is 0 Å². The van der Waals surface area contributed by atoms with E-state index in [2.05, 4.69) is 53.7 Å². The van der Waals surface area contributed by atoms with Gasteiger partial charge < -0.3 is 9.88 Å². The van der Waals surface area contributed by atoms with E-state index in [1.807, 2.05) is 6.08 Å². The van der Waals surface area contributed by atoms with Crippen molar-refractivity contribution in [1.29, 1.82) is 0 Å². The fourth-order valence-electron chi connectivity index (χ4n) is 2.47. The number of nitrogens with zero attached hydrogens (tertiary/aromatic N) is 1. The lowest BCUT2D eigenvalue weighted by Gasteiger charge is -2.11. The van der Waals surface area contributed by atoms with E-state index in [-0.39, 0.29) is 0 Å². The van der Waals surface area contributed by atoms with E-state index in [9.17, 15) is 0 Å². The number of hydrogen-bond donors (Lipinski definition) is 1. The predicted molar refractivity (Wildman–Crippen MR) is 83.4 cm³/mol. The molecule has 102 valence electrons. The molecule has 0 spiro atoms. The summed E-state index contributed by atoms with van der Waals surface area (Å²) in [6, 6.07) is 11.0. The van der Waals surface area contributed by atoms with Crippen molar-refractivity contribution in [3.63, 3.8) is 0 Å². The quantitative estimate of drug-likeness (QED) is 0.555. The highest BCUT2D eigenvalue weighted by Crippen LogP contribution is 2.20. The number of benzene rings is 1. The minimum absolute atomic E-state index is 0.955. The molecule has 1 heterocycles. The Labute approximate surface area is 116 Å². The topological polar surface area (TPSA) is 17.0 Å². The Morgan fingerprint density at radius 2 is 2.16 bits per heavy atom. The van der Waals surface area contributed by atoms with E-state index >= 15 is 0 Å². The first-order chi connectivity index (χ1) is 9.36. The summed E-state index contributed by atoms with van der Waals surface area (Å²) in [5, 5.41) is 4.84. The largest absolute Gasteiger partial charge is 0.343 e. The molecule has 0 unspecified atom stereocenters. The van der Waals surface area contributed by atoms with Crippen molar-refractivity contribution < 1.29 is 0 Å². The number of allylic oxidation sites excluding steroid dienone is 1. The van der Waals surface area contributed by atoms with Crippen LogP contribution in [-0.4, -0.2) is 11.1 Å². The van der Waals surface area contributed by atoms with Gasteiger partial charge in [-0.05, 0) is 43.3 Å². The van der Waals surface area contributed by atoms with Crippen LogP contribution in [0.25, 0.3) is 10.9 Å². The van der Waals surface area contributed by atoms with Crippen LogP contribution in [0.4, 0.5) is 0 Å². The Morgan fingerprint density at radius 3 is 2.95 bits per heavy atom. The maximum atomic E-state index is 3.80. The van der Waals surface area contributed by atoms with Gasteiger partial charge in [-0.2, -0.15) is 0 Å². The van der Waals surface area contributed by atoms with E-state index in [1.165, 1.54) is 23.0 Å². The zero-order chi connectivity index (χ0) is 13.5. The van der Waals surface area contributed by atoms with Crippen LogP contribution in [0.15, 0.2) is 43.0 Å². The maximum absolute atomic E-state index is 3.80. The van der Waals surface area contributed by atoms with Crippen molar-refractivity contribution in [2.24, 2.45) is 0 Å². The first kappa shape index (κ1) is 13.9. The van der Waals surface area contributed by atoms with Crippen LogP contribution < -0.4 is 5.32 Å². The van der Waals surface area contributed by atoms with Gasteiger partial charge in [-0.1, -0.05) is 31.2 Å². The molecule has 0 fully saturated rings. The summed E-state index contributed by atoms with van der Waals surface area (Å²) in [4.78, 5) is 0. The molecule has 0 saturated heterocycles. The molecule has 2 aromatic rings. The molecule has 2 rings (SSSR count). The average Bonchev–Trinajstić information content (AvgIpc) is 2.78. The summed E-state index contributed by atoms with van der Waals surface area (Å²) in [6.07, 6.45) is 5.41. The third kappa shape index (κ3) is 3.48. The summed E-state index contributed by atoms with van der Waals surface area (Å²) in [6.45, 7) is 9.11. The normalized spacial score (nSPS) is 11.0. The van der Waals surface area contributed by atoms with Gasteiger partial charge in [-0.15, -0.1) is 6.58 Å². The Hall–Kier alpha value is -1.54. The molecule has 2 nitrogen and oxygen atoms in total. The highest BCUT2D eigenvalue weighted by atomic mass is 15.0.